The van der Waals surface area contributed by atoms with E-state index in [9.17, 15) is 9.90 Å². The predicted octanol–water partition coefficient (Wildman–Crippen LogP) is 0.0813. The summed E-state index contributed by atoms with van der Waals surface area (Å²) in [6, 6.07) is 1.85. The summed E-state index contributed by atoms with van der Waals surface area (Å²) in [5, 5.41) is 14.8. The van der Waals surface area contributed by atoms with Gasteiger partial charge in [-0.1, -0.05) is 0 Å². The molecule has 0 bridgehead atoms. The number of amides is 1. The van der Waals surface area contributed by atoms with Crippen molar-refractivity contribution < 1.29 is 9.90 Å². The number of fused-ring (bicyclic) bond motifs is 2. The summed E-state index contributed by atoms with van der Waals surface area (Å²) in [6.07, 6.45) is 2.22. The summed E-state index contributed by atoms with van der Waals surface area (Å²) in [7, 11) is 3.34. The van der Waals surface area contributed by atoms with Crippen LogP contribution in [0.25, 0.3) is 11.2 Å². The molecule has 1 aliphatic rings. The van der Waals surface area contributed by atoms with Crippen molar-refractivity contribution >= 4 is 22.9 Å². The van der Waals surface area contributed by atoms with E-state index in [4.69, 9.17) is 0 Å². The van der Waals surface area contributed by atoms with E-state index in [0.717, 1.165) is 23.6 Å². The van der Waals surface area contributed by atoms with Gasteiger partial charge in [-0.2, -0.15) is 5.10 Å². The number of aliphatic hydroxyl groups is 1. The van der Waals surface area contributed by atoms with Gasteiger partial charge < -0.3 is 19.9 Å². The molecule has 4 rings (SSSR count). The van der Waals surface area contributed by atoms with Crippen molar-refractivity contribution in [1.29, 1.82) is 0 Å². The maximum absolute atomic E-state index is 11.8. The third kappa shape index (κ3) is 2.88. The van der Waals surface area contributed by atoms with Crippen molar-refractivity contribution in [1.82, 2.24) is 34.6 Å². The quantitative estimate of drug-likeness (QED) is 0.680. The summed E-state index contributed by atoms with van der Waals surface area (Å²) in [4.78, 5) is 31.2. The fraction of sp³-hybridized carbons (Fsp3) is 0.438. The van der Waals surface area contributed by atoms with Crippen LogP contribution in [0.4, 0.5) is 5.82 Å². The van der Waals surface area contributed by atoms with E-state index in [1.54, 1.807) is 20.4 Å². The molecule has 136 valence electrons. The molecule has 0 spiro atoms. The van der Waals surface area contributed by atoms with Gasteiger partial charge in [-0.15, -0.1) is 0 Å². The Kier molecular flexibility index (Phi) is 4.03. The minimum Gasteiger partial charge on any atom is -0.386 e. The lowest BCUT2D eigenvalue weighted by molar-refractivity contribution is -0.130. The Bertz CT molecular complexity index is 947. The first-order valence-electron chi connectivity index (χ1n) is 8.37. The second-order valence-corrected chi connectivity index (χ2v) is 6.51. The number of aromatic amines is 1. The van der Waals surface area contributed by atoms with E-state index < -0.39 is 6.10 Å². The molecule has 0 unspecified atom stereocenters. The Labute approximate surface area is 149 Å². The normalized spacial score (nSPS) is 15.1. The number of anilines is 1. The van der Waals surface area contributed by atoms with Crippen LogP contribution in [0.5, 0.6) is 0 Å². The molecule has 26 heavy (non-hydrogen) atoms. The number of hydrogen-bond donors (Lipinski definition) is 2. The molecule has 3 aromatic rings. The third-order valence-corrected chi connectivity index (χ3v) is 4.53. The molecule has 4 heterocycles. The van der Waals surface area contributed by atoms with Crippen molar-refractivity contribution in [2.24, 2.45) is 0 Å². The molecule has 0 saturated heterocycles. The number of aliphatic hydroxyl groups excluding tert-OH is 1. The standard InChI is InChI=1S/C16H20N8O2/c1-22(2)13(26)6-12(25)11-5-10-7-23(3-4-24(10)21-11)16-14-15(18-8-17-14)19-9-20-16/h5,8-9,12,25H,3-4,6-7H2,1-2H3,(H,17,18,19,20)/t12-/m0/s1. The van der Waals surface area contributed by atoms with Crippen LogP contribution < -0.4 is 4.90 Å². The van der Waals surface area contributed by atoms with E-state index in [1.807, 2.05) is 10.7 Å². The molecule has 1 atom stereocenters. The van der Waals surface area contributed by atoms with Crippen molar-refractivity contribution in [3.8, 4) is 0 Å². The van der Waals surface area contributed by atoms with Crippen LogP contribution in [0.3, 0.4) is 0 Å². The number of carbonyl (C=O) groups is 1. The Hall–Kier alpha value is -3.01. The highest BCUT2D eigenvalue weighted by Crippen LogP contribution is 2.26. The lowest BCUT2D eigenvalue weighted by Crippen LogP contribution is -2.34. The lowest BCUT2D eigenvalue weighted by atomic mass is 10.1. The average molecular weight is 356 g/mol. The van der Waals surface area contributed by atoms with Crippen LogP contribution in [-0.2, 0) is 17.9 Å². The Balaban J connectivity index is 1.55. The van der Waals surface area contributed by atoms with Crippen molar-refractivity contribution in [2.45, 2.75) is 25.6 Å². The van der Waals surface area contributed by atoms with Gasteiger partial charge in [0.2, 0.25) is 5.91 Å². The summed E-state index contributed by atoms with van der Waals surface area (Å²) >= 11 is 0. The smallest absolute Gasteiger partial charge is 0.225 e. The van der Waals surface area contributed by atoms with Crippen LogP contribution in [0, 0.1) is 0 Å². The Morgan fingerprint density at radius 3 is 3.00 bits per heavy atom. The summed E-state index contributed by atoms with van der Waals surface area (Å²) in [5.41, 5.74) is 2.92. The number of rotatable bonds is 4. The summed E-state index contributed by atoms with van der Waals surface area (Å²) in [6.45, 7) is 2.00. The van der Waals surface area contributed by atoms with Crippen LogP contribution in [-0.4, -0.2) is 66.3 Å². The number of H-pyrrole nitrogens is 1. The van der Waals surface area contributed by atoms with Crippen molar-refractivity contribution in [3.05, 3.63) is 30.1 Å². The number of hydrogen-bond acceptors (Lipinski definition) is 7. The van der Waals surface area contributed by atoms with Gasteiger partial charge in [0.1, 0.15) is 17.9 Å². The highest BCUT2D eigenvalue weighted by Gasteiger charge is 2.24. The fourth-order valence-corrected chi connectivity index (χ4v) is 3.08. The van der Waals surface area contributed by atoms with Gasteiger partial charge in [-0.05, 0) is 6.07 Å². The number of aromatic nitrogens is 6. The second kappa shape index (κ2) is 6.37. The lowest BCUT2D eigenvalue weighted by Gasteiger charge is -2.28. The van der Waals surface area contributed by atoms with E-state index in [1.165, 1.54) is 11.2 Å². The monoisotopic (exact) mass is 356 g/mol. The van der Waals surface area contributed by atoms with Crippen LogP contribution in [0.1, 0.15) is 23.9 Å². The molecular weight excluding hydrogens is 336 g/mol. The van der Waals surface area contributed by atoms with Crippen LogP contribution in [0.15, 0.2) is 18.7 Å². The predicted molar refractivity (Wildman–Crippen MR) is 93.2 cm³/mol. The first-order chi connectivity index (χ1) is 12.5. The number of imidazole rings is 1. The first kappa shape index (κ1) is 16.5. The van der Waals surface area contributed by atoms with E-state index in [0.29, 0.717) is 24.4 Å². The van der Waals surface area contributed by atoms with Crippen molar-refractivity contribution in [3.63, 3.8) is 0 Å². The SMILES string of the molecule is CN(C)C(=O)C[C@H](O)c1cc2n(n1)CCN(c1ncnc3nc[nH]c13)C2. The topological polar surface area (TPSA) is 116 Å². The van der Waals surface area contributed by atoms with E-state index in [-0.39, 0.29) is 12.3 Å². The maximum Gasteiger partial charge on any atom is 0.225 e. The molecule has 0 saturated carbocycles. The van der Waals surface area contributed by atoms with Gasteiger partial charge in [0.15, 0.2) is 11.5 Å². The summed E-state index contributed by atoms with van der Waals surface area (Å²) < 4.78 is 1.88. The summed E-state index contributed by atoms with van der Waals surface area (Å²) in [5.74, 6) is 0.664. The Morgan fingerprint density at radius 1 is 1.35 bits per heavy atom. The average Bonchev–Trinajstić information content (AvgIpc) is 3.27. The number of nitrogens with one attached hydrogen (secondary N) is 1. The molecule has 10 nitrogen and oxygen atoms in total. The molecule has 1 amide bonds. The molecular formula is C16H20N8O2. The molecule has 1 aliphatic heterocycles. The molecule has 0 fully saturated rings. The minimum absolute atomic E-state index is 0.0217. The zero-order chi connectivity index (χ0) is 18.3. The molecule has 0 aromatic carbocycles. The van der Waals surface area contributed by atoms with Gasteiger partial charge in [0.25, 0.3) is 0 Å². The molecule has 0 aliphatic carbocycles. The van der Waals surface area contributed by atoms with Gasteiger partial charge in [0, 0.05) is 20.6 Å². The largest absolute Gasteiger partial charge is 0.386 e. The van der Waals surface area contributed by atoms with E-state index in [2.05, 4.69) is 29.9 Å². The number of carbonyl (C=O) groups excluding carboxylic acids is 1. The minimum atomic E-state index is -0.908. The zero-order valence-electron chi connectivity index (χ0n) is 14.6. The highest BCUT2D eigenvalue weighted by atomic mass is 16.3. The van der Waals surface area contributed by atoms with Gasteiger partial charge in [-0.25, -0.2) is 15.0 Å². The van der Waals surface area contributed by atoms with Gasteiger partial charge in [0.05, 0.1) is 37.2 Å². The van der Waals surface area contributed by atoms with Gasteiger partial charge in [-0.3, -0.25) is 9.48 Å². The third-order valence-electron chi connectivity index (χ3n) is 4.53. The van der Waals surface area contributed by atoms with Crippen LogP contribution in [0.2, 0.25) is 0 Å². The van der Waals surface area contributed by atoms with Crippen molar-refractivity contribution in [2.75, 3.05) is 25.5 Å². The Morgan fingerprint density at radius 2 is 2.19 bits per heavy atom. The van der Waals surface area contributed by atoms with Crippen LogP contribution >= 0.6 is 0 Å². The molecule has 0 radical (unpaired) electrons. The van der Waals surface area contributed by atoms with Gasteiger partial charge >= 0.3 is 0 Å². The fourth-order valence-electron chi connectivity index (χ4n) is 3.08. The molecule has 2 N–H and O–H groups in total. The molecule has 10 heteroatoms. The zero-order valence-corrected chi connectivity index (χ0v) is 14.6. The van der Waals surface area contributed by atoms with E-state index >= 15 is 0 Å². The number of nitrogens with zero attached hydrogens (tertiary/aromatic N) is 7. The maximum atomic E-state index is 11.8. The first-order valence-corrected chi connectivity index (χ1v) is 8.37. The highest BCUT2D eigenvalue weighted by molar-refractivity contribution is 5.82. The second-order valence-electron chi connectivity index (χ2n) is 6.51. The molecule has 3 aromatic heterocycles.